The summed E-state index contributed by atoms with van der Waals surface area (Å²) in [6, 6.07) is 16.1. The Hall–Kier alpha value is -3.45. The van der Waals surface area contributed by atoms with E-state index in [4.69, 9.17) is 9.78 Å². The minimum absolute atomic E-state index is 0.0959. The van der Waals surface area contributed by atoms with E-state index in [0.717, 1.165) is 28.2 Å². The van der Waals surface area contributed by atoms with Crippen LogP contribution in [0.5, 0.6) is 5.75 Å². The first-order chi connectivity index (χ1) is 13.3. The average molecular weight is 359 g/mol. The molecule has 1 N–H and O–H groups in total. The quantitative estimate of drug-likeness (QED) is 0.559. The summed E-state index contributed by atoms with van der Waals surface area (Å²) in [6.07, 6.45) is 3.50. The van der Waals surface area contributed by atoms with E-state index < -0.39 is 0 Å². The van der Waals surface area contributed by atoms with Gasteiger partial charge in [-0.25, -0.2) is 9.97 Å². The number of benzene rings is 2. The number of nitrogens with zero attached hydrogens (tertiary/aromatic N) is 4. The minimum Gasteiger partial charge on any atom is -0.348 e. The van der Waals surface area contributed by atoms with Crippen molar-refractivity contribution in [3.63, 3.8) is 0 Å². The zero-order valence-corrected chi connectivity index (χ0v) is 14.7. The van der Waals surface area contributed by atoms with Crippen LogP contribution in [0.2, 0.25) is 0 Å². The second-order valence-corrected chi connectivity index (χ2v) is 6.42. The predicted octanol–water partition coefficient (Wildman–Crippen LogP) is 3.81. The van der Waals surface area contributed by atoms with Gasteiger partial charge in [-0.1, -0.05) is 30.3 Å². The topological polar surface area (TPSA) is 74.1 Å². The Morgan fingerprint density at radius 3 is 2.89 bits per heavy atom. The fourth-order valence-corrected chi connectivity index (χ4v) is 3.18. The van der Waals surface area contributed by atoms with Gasteiger partial charge in [-0.15, -0.1) is 0 Å². The fraction of sp³-hybridized carbons (Fsp3) is 0.150. The molecule has 0 saturated carbocycles. The van der Waals surface area contributed by atoms with Crippen LogP contribution in [-0.4, -0.2) is 19.5 Å². The van der Waals surface area contributed by atoms with Gasteiger partial charge in [0, 0.05) is 17.8 Å². The number of nitrogens with one attached hydrogen (secondary N) is 1. The highest BCUT2D eigenvalue weighted by Gasteiger charge is 2.18. The summed E-state index contributed by atoms with van der Waals surface area (Å²) in [5, 5.41) is 3.35. The highest BCUT2D eigenvalue weighted by molar-refractivity contribution is 5.80. The van der Waals surface area contributed by atoms with Gasteiger partial charge in [-0.2, -0.15) is 9.87 Å². The molecule has 0 saturated heterocycles. The summed E-state index contributed by atoms with van der Waals surface area (Å²) in [5.41, 5.74) is 3.94. The molecule has 0 amide bonds. The molecule has 0 aliphatic carbocycles. The van der Waals surface area contributed by atoms with Crippen molar-refractivity contribution >= 4 is 17.0 Å². The highest BCUT2D eigenvalue weighted by Crippen LogP contribution is 2.31. The number of fused-ring (bicyclic) bond motifs is 2. The lowest BCUT2D eigenvalue weighted by Gasteiger charge is -2.14. The Morgan fingerprint density at radius 1 is 1.11 bits per heavy atom. The van der Waals surface area contributed by atoms with Gasteiger partial charge in [0.15, 0.2) is 5.75 Å². The van der Waals surface area contributed by atoms with E-state index in [1.54, 1.807) is 12.5 Å². The number of rotatable bonds is 4. The van der Waals surface area contributed by atoms with E-state index in [1.165, 1.54) is 5.56 Å². The maximum absolute atomic E-state index is 5.14. The molecule has 1 aliphatic rings. The van der Waals surface area contributed by atoms with Crippen molar-refractivity contribution in [2.45, 2.75) is 19.6 Å². The number of hydrogen-bond acceptors (Lipinski definition) is 6. The van der Waals surface area contributed by atoms with Crippen molar-refractivity contribution in [3.8, 4) is 11.6 Å². The molecule has 2 aromatic heterocycles. The molecule has 1 aliphatic heterocycles. The van der Waals surface area contributed by atoms with Crippen LogP contribution in [0.1, 0.15) is 24.1 Å². The van der Waals surface area contributed by atoms with Crippen LogP contribution in [0, 0.1) is 0 Å². The van der Waals surface area contributed by atoms with Crippen molar-refractivity contribution in [1.29, 1.82) is 0 Å². The molecule has 4 aromatic rings. The van der Waals surface area contributed by atoms with Gasteiger partial charge in [0.1, 0.15) is 18.8 Å². The number of imidazole rings is 1. The van der Waals surface area contributed by atoms with Crippen molar-refractivity contribution in [2.75, 3.05) is 5.32 Å². The summed E-state index contributed by atoms with van der Waals surface area (Å²) in [6.45, 7) is 2.52. The number of hydrogen-bond donors (Lipinski definition) is 1. The molecule has 0 radical (unpaired) electrons. The van der Waals surface area contributed by atoms with E-state index in [9.17, 15) is 0 Å². The van der Waals surface area contributed by atoms with E-state index in [2.05, 4.69) is 39.3 Å². The van der Waals surface area contributed by atoms with Crippen LogP contribution in [-0.2, 0) is 11.5 Å². The number of anilines is 1. The molecule has 5 rings (SSSR count). The standard InChI is InChI=1S/C20H17N5O2/c1-13(14-5-3-2-4-6-14)23-20-21-8-7-19(24-20)25-12-22-16-10-18-15(9-17(16)25)11-26-27-18/h2-10,12-13H,11H2,1H3,(H,21,23,24)/t13-/m0/s1. The molecule has 27 heavy (non-hydrogen) atoms. The molecule has 0 unspecified atom stereocenters. The maximum atomic E-state index is 5.14. The highest BCUT2D eigenvalue weighted by atomic mass is 17.2. The third kappa shape index (κ3) is 2.88. The van der Waals surface area contributed by atoms with E-state index in [1.807, 2.05) is 41.0 Å². The number of aromatic nitrogens is 4. The lowest BCUT2D eigenvalue weighted by molar-refractivity contribution is -0.194. The van der Waals surface area contributed by atoms with Crippen LogP contribution in [0.25, 0.3) is 16.9 Å². The molecule has 0 bridgehead atoms. The normalized spacial score (nSPS) is 14.0. The zero-order valence-electron chi connectivity index (χ0n) is 14.7. The summed E-state index contributed by atoms with van der Waals surface area (Å²) in [7, 11) is 0. The van der Waals surface area contributed by atoms with Crippen LogP contribution < -0.4 is 10.2 Å². The largest absolute Gasteiger partial charge is 0.348 e. The molecule has 1 atom stereocenters. The third-order valence-electron chi connectivity index (χ3n) is 4.63. The molecular formula is C20H17N5O2. The molecular weight excluding hydrogens is 342 g/mol. The second kappa shape index (κ2) is 6.37. The maximum Gasteiger partial charge on any atom is 0.225 e. The van der Waals surface area contributed by atoms with E-state index in [-0.39, 0.29) is 6.04 Å². The Balaban J connectivity index is 1.48. The Labute approximate surface area is 155 Å². The predicted molar refractivity (Wildman–Crippen MR) is 101 cm³/mol. The Kier molecular flexibility index (Phi) is 3.72. The van der Waals surface area contributed by atoms with Gasteiger partial charge in [0.05, 0.1) is 17.1 Å². The van der Waals surface area contributed by atoms with Gasteiger partial charge in [0.25, 0.3) is 0 Å². The Morgan fingerprint density at radius 2 is 2.00 bits per heavy atom. The van der Waals surface area contributed by atoms with Crippen molar-refractivity contribution < 1.29 is 9.78 Å². The summed E-state index contributed by atoms with van der Waals surface area (Å²) in [5.74, 6) is 2.03. The fourth-order valence-electron chi connectivity index (χ4n) is 3.18. The van der Waals surface area contributed by atoms with Gasteiger partial charge in [-0.05, 0) is 24.6 Å². The Bertz CT molecular complexity index is 1110. The summed E-state index contributed by atoms with van der Waals surface area (Å²) in [4.78, 5) is 23.7. The van der Waals surface area contributed by atoms with Gasteiger partial charge < -0.3 is 10.2 Å². The van der Waals surface area contributed by atoms with Crippen LogP contribution in [0.3, 0.4) is 0 Å². The average Bonchev–Trinajstić information content (AvgIpc) is 3.33. The second-order valence-electron chi connectivity index (χ2n) is 6.42. The van der Waals surface area contributed by atoms with Crippen LogP contribution >= 0.6 is 0 Å². The monoisotopic (exact) mass is 359 g/mol. The first kappa shape index (κ1) is 15.8. The molecule has 0 spiro atoms. The smallest absolute Gasteiger partial charge is 0.225 e. The lowest BCUT2D eigenvalue weighted by atomic mass is 10.1. The molecule has 7 nitrogen and oxygen atoms in total. The molecule has 134 valence electrons. The van der Waals surface area contributed by atoms with Crippen LogP contribution in [0.4, 0.5) is 5.95 Å². The van der Waals surface area contributed by atoms with Gasteiger partial charge in [0.2, 0.25) is 5.95 Å². The van der Waals surface area contributed by atoms with Crippen molar-refractivity contribution in [2.24, 2.45) is 0 Å². The van der Waals surface area contributed by atoms with Crippen molar-refractivity contribution in [3.05, 3.63) is 72.2 Å². The first-order valence-electron chi connectivity index (χ1n) is 8.72. The first-order valence-corrected chi connectivity index (χ1v) is 8.72. The molecule has 7 heteroatoms. The lowest BCUT2D eigenvalue weighted by Crippen LogP contribution is -2.10. The molecule has 0 fully saturated rings. The molecule has 3 heterocycles. The zero-order chi connectivity index (χ0) is 18.2. The molecule has 2 aromatic carbocycles. The minimum atomic E-state index is 0.0959. The summed E-state index contributed by atoms with van der Waals surface area (Å²) >= 11 is 0. The third-order valence-corrected chi connectivity index (χ3v) is 4.63. The van der Waals surface area contributed by atoms with E-state index >= 15 is 0 Å². The van der Waals surface area contributed by atoms with Crippen molar-refractivity contribution in [1.82, 2.24) is 19.5 Å². The van der Waals surface area contributed by atoms with Gasteiger partial charge >= 0.3 is 0 Å². The summed E-state index contributed by atoms with van der Waals surface area (Å²) < 4.78 is 1.94. The van der Waals surface area contributed by atoms with Gasteiger partial charge in [-0.3, -0.25) is 4.57 Å². The van der Waals surface area contributed by atoms with E-state index in [0.29, 0.717) is 12.6 Å². The van der Waals surface area contributed by atoms with Crippen LogP contribution in [0.15, 0.2) is 61.1 Å². The SMILES string of the molecule is C[C@H](Nc1nccc(-n2cnc3cc4c(cc32)COO4)n1)c1ccccc1.